The molecular weight excluding hydrogens is 172 g/mol. The molecule has 4 N–H and O–H groups in total. The first kappa shape index (κ1) is 8.06. The smallest absolute Gasteiger partial charge is 0.323 e. The van der Waals surface area contributed by atoms with Crippen LogP contribution in [0.25, 0.3) is 0 Å². The Balaban J connectivity index is 2.00. The summed E-state index contributed by atoms with van der Waals surface area (Å²) in [5, 5.41) is 5.78. The minimum Gasteiger partial charge on any atom is -0.345 e. The van der Waals surface area contributed by atoms with Crippen molar-refractivity contribution in [2.75, 3.05) is 13.1 Å². The molecule has 6 nitrogen and oxygen atoms in total. The van der Waals surface area contributed by atoms with Crippen LogP contribution in [0.3, 0.4) is 0 Å². The van der Waals surface area contributed by atoms with Gasteiger partial charge in [-0.25, -0.2) is 4.79 Å². The van der Waals surface area contributed by atoms with Gasteiger partial charge in [-0.05, 0) is 0 Å². The molecule has 1 aliphatic rings. The largest absolute Gasteiger partial charge is 0.345 e. The minimum atomic E-state index is -0.364. The third-order valence-electron chi connectivity index (χ3n) is 1.96. The average Bonchev–Trinajstić information content (AvgIpc) is 2.44. The summed E-state index contributed by atoms with van der Waals surface area (Å²) in [4.78, 5) is 26.7. The highest BCUT2D eigenvalue weighted by atomic mass is 16.2. The first-order valence-electron chi connectivity index (χ1n) is 4.05. The van der Waals surface area contributed by atoms with E-state index in [0.717, 1.165) is 13.1 Å². The van der Waals surface area contributed by atoms with Crippen LogP contribution in [0, 0.1) is 0 Å². The Morgan fingerprint density at radius 3 is 2.77 bits per heavy atom. The van der Waals surface area contributed by atoms with Crippen molar-refractivity contribution in [1.82, 2.24) is 20.6 Å². The molecule has 0 bridgehead atoms. The van der Waals surface area contributed by atoms with Crippen molar-refractivity contribution in [2.24, 2.45) is 0 Å². The van der Waals surface area contributed by atoms with Crippen molar-refractivity contribution >= 4 is 5.91 Å². The van der Waals surface area contributed by atoms with Gasteiger partial charge in [0, 0.05) is 19.3 Å². The average molecular weight is 182 g/mol. The number of hydrogen-bond acceptors (Lipinski definition) is 3. The molecule has 0 atom stereocenters. The molecule has 2 rings (SSSR count). The maximum Gasteiger partial charge on any atom is 0.323 e. The van der Waals surface area contributed by atoms with Crippen molar-refractivity contribution in [3.05, 3.63) is 22.4 Å². The van der Waals surface area contributed by atoms with E-state index in [1.807, 2.05) is 0 Å². The summed E-state index contributed by atoms with van der Waals surface area (Å²) in [6, 6.07) is 0.186. The quantitative estimate of drug-likeness (QED) is 0.444. The van der Waals surface area contributed by atoms with E-state index >= 15 is 0 Å². The summed E-state index contributed by atoms with van der Waals surface area (Å²) in [6.07, 6.45) is 1.36. The minimum absolute atomic E-state index is 0.186. The van der Waals surface area contributed by atoms with E-state index in [1.54, 1.807) is 0 Å². The topological polar surface area (TPSA) is 89.8 Å². The second-order valence-electron chi connectivity index (χ2n) is 2.99. The molecule has 0 aliphatic carbocycles. The van der Waals surface area contributed by atoms with Crippen molar-refractivity contribution in [3.63, 3.8) is 0 Å². The number of nitrogens with one attached hydrogen (secondary N) is 4. The number of rotatable bonds is 2. The Morgan fingerprint density at radius 1 is 1.54 bits per heavy atom. The summed E-state index contributed by atoms with van der Waals surface area (Å²) in [5.74, 6) is -0.246. The fourth-order valence-electron chi connectivity index (χ4n) is 1.11. The number of amides is 1. The summed E-state index contributed by atoms with van der Waals surface area (Å²) >= 11 is 0. The standard InChI is InChI=1S/C7H10N4O2/c12-6(10-4-1-8-2-4)5-3-9-7(13)11-5/h3-4,8H,1-2H2,(H,10,12)(H2,9,11,13). The van der Waals surface area contributed by atoms with Gasteiger partial charge < -0.3 is 20.6 Å². The number of carbonyl (C=O) groups is 1. The van der Waals surface area contributed by atoms with Crippen LogP contribution >= 0.6 is 0 Å². The fourth-order valence-corrected chi connectivity index (χ4v) is 1.11. The molecule has 1 aromatic rings. The predicted octanol–water partition coefficient (Wildman–Crippen LogP) is -1.60. The molecule has 1 saturated heterocycles. The summed E-state index contributed by atoms with van der Waals surface area (Å²) in [6.45, 7) is 1.58. The van der Waals surface area contributed by atoms with Crippen LogP contribution < -0.4 is 16.3 Å². The summed E-state index contributed by atoms with van der Waals surface area (Å²) < 4.78 is 0. The van der Waals surface area contributed by atoms with Crippen LogP contribution in [0.5, 0.6) is 0 Å². The monoisotopic (exact) mass is 182 g/mol. The first-order chi connectivity index (χ1) is 6.25. The van der Waals surface area contributed by atoms with Gasteiger partial charge >= 0.3 is 5.69 Å². The van der Waals surface area contributed by atoms with E-state index in [2.05, 4.69) is 20.6 Å². The molecule has 0 spiro atoms. The van der Waals surface area contributed by atoms with E-state index in [1.165, 1.54) is 6.20 Å². The van der Waals surface area contributed by atoms with Gasteiger partial charge in [-0.15, -0.1) is 0 Å². The molecule has 1 fully saturated rings. The molecule has 0 saturated carbocycles. The molecule has 1 aromatic heterocycles. The number of imidazole rings is 1. The molecule has 0 aromatic carbocycles. The van der Waals surface area contributed by atoms with Gasteiger partial charge in [0.05, 0.1) is 6.04 Å². The molecule has 70 valence electrons. The molecule has 13 heavy (non-hydrogen) atoms. The van der Waals surface area contributed by atoms with E-state index in [-0.39, 0.29) is 23.3 Å². The number of H-pyrrole nitrogens is 2. The lowest BCUT2D eigenvalue weighted by Gasteiger charge is -2.27. The Hall–Kier alpha value is -1.56. The van der Waals surface area contributed by atoms with Gasteiger partial charge in [-0.2, -0.15) is 0 Å². The van der Waals surface area contributed by atoms with Crippen LogP contribution in [0.15, 0.2) is 11.0 Å². The second-order valence-corrected chi connectivity index (χ2v) is 2.99. The van der Waals surface area contributed by atoms with Gasteiger partial charge in [0.1, 0.15) is 5.69 Å². The number of aromatic amines is 2. The molecule has 0 radical (unpaired) electrons. The zero-order chi connectivity index (χ0) is 9.26. The maximum atomic E-state index is 11.3. The van der Waals surface area contributed by atoms with Crippen LogP contribution in [0.4, 0.5) is 0 Å². The van der Waals surface area contributed by atoms with E-state index in [9.17, 15) is 9.59 Å². The molecule has 1 amide bonds. The van der Waals surface area contributed by atoms with Crippen LogP contribution in [0.2, 0.25) is 0 Å². The number of aromatic nitrogens is 2. The Labute approximate surface area is 73.7 Å². The van der Waals surface area contributed by atoms with Crippen molar-refractivity contribution in [2.45, 2.75) is 6.04 Å². The molecular formula is C7H10N4O2. The lowest BCUT2D eigenvalue weighted by atomic mass is 10.2. The van der Waals surface area contributed by atoms with Crippen LogP contribution in [0.1, 0.15) is 10.5 Å². The van der Waals surface area contributed by atoms with Crippen LogP contribution in [-0.2, 0) is 0 Å². The highest BCUT2D eigenvalue weighted by molar-refractivity contribution is 5.92. The van der Waals surface area contributed by atoms with Gasteiger partial charge in [0.15, 0.2) is 0 Å². The lowest BCUT2D eigenvalue weighted by molar-refractivity contribution is 0.0919. The first-order valence-corrected chi connectivity index (χ1v) is 4.05. The highest BCUT2D eigenvalue weighted by Crippen LogP contribution is 1.94. The summed E-state index contributed by atoms with van der Waals surface area (Å²) in [7, 11) is 0. The van der Waals surface area contributed by atoms with Crippen molar-refractivity contribution < 1.29 is 4.79 Å². The predicted molar refractivity (Wildman–Crippen MR) is 45.5 cm³/mol. The van der Waals surface area contributed by atoms with E-state index in [0.29, 0.717) is 0 Å². The second kappa shape index (κ2) is 3.06. The normalized spacial score (nSPS) is 16.6. The van der Waals surface area contributed by atoms with Gasteiger partial charge in [-0.1, -0.05) is 0 Å². The molecule has 1 aliphatic heterocycles. The number of carbonyl (C=O) groups excluding carboxylic acids is 1. The Morgan fingerprint density at radius 2 is 2.31 bits per heavy atom. The van der Waals surface area contributed by atoms with Crippen LogP contribution in [-0.4, -0.2) is 35.0 Å². The van der Waals surface area contributed by atoms with Gasteiger partial charge in [0.2, 0.25) is 0 Å². The maximum absolute atomic E-state index is 11.3. The molecule has 0 unspecified atom stereocenters. The third-order valence-corrected chi connectivity index (χ3v) is 1.96. The van der Waals surface area contributed by atoms with E-state index in [4.69, 9.17) is 0 Å². The molecule has 2 heterocycles. The van der Waals surface area contributed by atoms with Gasteiger partial charge in [-0.3, -0.25) is 4.79 Å². The zero-order valence-electron chi connectivity index (χ0n) is 6.89. The third kappa shape index (κ3) is 1.62. The van der Waals surface area contributed by atoms with Crippen molar-refractivity contribution in [3.8, 4) is 0 Å². The highest BCUT2D eigenvalue weighted by Gasteiger charge is 2.19. The van der Waals surface area contributed by atoms with E-state index < -0.39 is 0 Å². The zero-order valence-corrected chi connectivity index (χ0v) is 6.89. The number of hydrogen-bond donors (Lipinski definition) is 4. The Kier molecular flexibility index (Phi) is 1.90. The van der Waals surface area contributed by atoms with Gasteiger partial charge in [0.25, 0.3) is 5.91 Å². The lowest BCUT2D eigenvalue weighted by Crippen LogP contribution is -2.57. The fraction of sp³-hybridized carbons (Fsp3) is 0.429. The SMILES string of the molecule is O=C(NC1CNC1)c1c[nH]c(=O)[nH]1. The van der Waals surface area contributed by atoms with Crippen molar-refractivity contribution in [1.29, 1.82) is 0 Å². The summed E-state index contributed by atoms with van der Waals surface area (Å²) in [5.41, 5.74) is -0.0891. The molecule has 6 heteroatoms. The Bertz CT molecular complexity index is 363.